The Bertz CT molecular complexity index is 392. The van der Waals surface area contributed by atoms with Crippen LogP contribution in [-0.4, -0.2) is 16.4 Å². The van der Waals surface area contributed by atoms with Crippen LogP contribution < -0.4 is 0 Å². The van der Waals surface area contributed by atoms with Crippen LogP contribution in [-0.2, 0) is 6.42 Å². The zero-order valence-electron chi connectivity index (χ0n) is 10.6. The minimum absolute atomic E-state index is 0.837. The number of nitrogens with zero attached hydrogens (tertiary/aromatic N) is 1. The van der Waals surface area contributed by atoms with Gasteiger partial charge in [-0.25, -0.2) is 4.79 Å². The molecule has 0 heterocycles. The lowest BCUT2D eigenvalue weighted by molar-refractivity contribution is 0.137. The zero-order chi connectivity index (χ0) is 13.8. The van der Waals surface area contributed by atoms with E-state index in [-0.39, 0.29) is 0 Å². The van der Waals surface area contributed by atoms with Crippen molar-refractivity contribution in [1.82, 2.24) is 0 Å². The molecule has 0 aliphatic rings. The Hall–Kier alpha value is -2.02. The van der Waals surface area contributed by atoms with E-state index in [4.69, 9.17) is 20.3 Å². The van der Waals surface area contributed by atoms with E-state index in [0.717, 1.165) is 12.0 Å². The van der Waals surface area contributed by atoms with Crippen LogP contribution in [0.15, 0.2) is 24.3 Å². The Kier molecular flexibility index (Phi) is 9.01. The summed E-state index contributed by atoms with van der Waals surface area (Å²) in [6.07, 6.45) is 4.25. The molecule has 2 N–H and O–H groups in total. The number of hydrogen-bond acceptors (Lipinski definition) is 2. The number of rotatable bonds is 5. The molecule has 98 valence electrons. The number of nitriles is 1. The molecule has 4 heteroatoms. The second-order valence-electron chi connectivity index (χ2n) is 3.86. The van der Waals surface area contributed by atoms with Crippen LogP contribution in [0.3, 0.4) is 0 Å². The predicted octanol–water partition coefficient (Wildman–Crippen LogP) is 3.90. The first kappa shape index (κ1) is 16.0. The number of benzene rings is 1. The van der Waals surface area contributed by atoms with Gasteiger partial charge in [-0.2, -0.15) is 5.26 Å². The van der Waals surface area contributed by atoms with Gasteiger partial charge >= 0.3 is 6.16 Å². The normalized spacial score (nSPS) is 8.89. The summed E-state index contributed by atoms with van der Waals surface area (Å²) in [6.45, 7) is 2.21. The molecule has 1 aromatic rings. The van der Waals surface area contributed by atoms with Gasteiger partial charge in [0.25, 0.3) is 0 Å². The second-order valence-corrected chi connectivity index (χ2v) is 3.86. The van der Waals surface area contributed by atoms with Crippen LogP contribution in [0.25, 0.3) is 0 Å². The van der Waals surface area contributed by atoms with Gasteiger partial charge in [-0.1, -0.05) is 44.4 Å². The van der Waals surface area contributed by atoms with Crippen LogP contribution in [0.4, 0.5) is 4.79 Å². The summed E-state index contributed by atoms with van der Waals surface area (Å²) < 4.78 is 0. The highest BCUT2D eigenvalue weighted by Crippen LogP contribution is 2.12. The van der Waals surface area contributed by atoms with Crippen LogP contribution in [0, 0.1) is 11.3 Å². The fourth-order valence-electron chi connectivity index (χ4n) is 1.59. The van der Waals surface area contributed by atoms with Gasteiger partial charge in [0.05, 0.1) is 11.6 Å². The third kappa shape index (κ3) is 8.17. The smallest absolute Gasteiger partial charge is 0.450 e. The zero-order valence-corrected chi connectivity index (χ0v) is 10.6. The summed E-state index contributed by atoms with van der Waals surface area (Å²) in [5.74, 6) is 0. The van der Waals surface area contributed by atoms with Crippen molar-refractivity contribution in [3.8, 4) is 6.07 Å². The lowest BCUT2D eigenvalue weighted by Gasteiger charge is -2.02. The average Bonchev–Trinajstić information content (AvgIpc) is 2.34. The third-order valence-electron chi connectivity index (χ3n) is 2.44. The van der Waals surface area contributed by atoms with Crippen LogP contribution in [0.5, 0.6) is 0 Å². The Labute approximate surface area is 107 Å². The van der Waals surface area contributed by atoms with Gasteiger partial charge in [-0.3, -0.25) is 0 Å². The molecule has 0 aliphatic heterocycles. The first-order chi connectivity index (χ1) is 8.61. The van der Waals surface area contributed by atoms with Crippen molar-refractivity contribution in [2.24, 2.45) is 0 Å². The summed E-state index contributed by atoms with van der Waals surface area (Å²) in [7, 11) is 0. The van der Waals surface area contributed by atoms with E-state index in [9.17, 15) is 0 Å². The summed E-state index contributed by atoms with van der Waals surface area (Å²) in [4.78, 5) is 8.56. The lowest BCUT2D eigenvalue weighted by Crippen LogP contribution is -1.90. The third-order valence-corrected chi connectivity index (χ3v) is 2.44. The molecule has 0 atom stereocenters. The van der Waals surface area contributed by atoms with Crippen molar-refractivity contribution >= 4 is 6.16 Å². The fraction of sp³-hybridized carbons (Fsp3) is 0.429. The Morgan fingerprint density at radius 1 is 1.22 bits per heavy atom. The van der Waals surface area contributed by atoms with Gasteiger partial charge < -0.3 is 10.2 Å². The maximum Gasteiger partial charge on any atom is 0.503 e. The molecule has 0 aromatic heterocycles. The van der Waals surface area contributed by atoms with Crippen molar-refractivity contribution in [2.45, 2.75) is 39.0 Å². The fourth-order valence-corrected chi connectivity index (χ4v) is 1.59. The summed E-state index contributed by atoms with van der Waals surface area (Å²) in [6, 6.07) is 10.1. The van der Waals surface area contributed by atoms with Crippen molar-refractivity contribution in [3.05, 3.63) is 35.4 Å². The van der Waals surface area contributed by atoms with Crippen molar-refractivity contribution in [2.75, 3.05) is 0 Å². The van der Waals surface area contributed by atoms with Gasteiger partial charge in [0.1, 0.15) is 0 Å². The molecule has 1 aromatic carbocycles. The van der Waals surface area contributed by atoms with Crippen molar-refractivity contribution < 1.29 is 15.0 Å². The Balaban J connectivity index is 0.000000631. The summed E-state index contributed by atoms with van der Waals surface area (Å²) >= 11 is 0. The molecule has 0 unspecified atom stereocenters. The minimum atomic E-state index is -1.83. The highest BCUT2D eigenvalue weighted by molar-refractivity contribution is 5.53. The maximum absolute atomic E-state index is 8.87. The van der Waals surface area contributed by atoms with Gasteiger partial charge in [0, 0.05) is 0 Å². The molecular formula is C14H19NO3. The largest absolute Gasteiger partial charge is 0.503 e. The molecule has 0 saturated carbocycles. The predicted molar refractivity (Wildman–Crippen MR) is 69.7 cm³/mol. The topological polar surface area (TPSA) is 81.3 Å². The van der Waals surface area contributed by atoms with E-state index in [1.54, 1.807) is 0 Å². The van der Waals surface area contributed by atoms with E-state index in [0.29, 0.717) is 0 Å². The monoisotopic (exact) mass is 249 g/mol. The standard InChI is InChI=1S/C13H17N.CH2O3/c1-2-3-4-5-8-12-9-6-7-10-13(12)11-14;2-1(3)4/h6-7,9-10H,2-5,8H2,1H3;(H2,2,3,4). The first-order valence-electron chi connectivity index (χ1n) is 6.01. The van der Waals surface area contributed by atoms with E-state index < -0.39 is 6.16 Å². The summed E-state index contributed by atoms with van der Waals surface area (Å²) in [5, 5.41) is 22.8. The van der Waals surface area contributed by atoms with E-state index in [1.807, 2.05) is 18.2 Å². The number of hydrogen-bond donors (Lipinski definition) is 2. The molecule has 0 amide bonds. The minimum Gasteiger partial charge on any atom is -0.450 e. The van der Waals surface area contributed by atoms with Gasteiger partial charge in [-0.15, -0.1) is 0 Å². The average molecular weight is 249 g/mol. The molecule has 18 heavy (non-hydrogen) atoms. The van der Waals surface area contributed by atoms with Crippen molar-refractivity contribution in [1.29, 1.82) is 5.26 Å². The van der Waals surface area contributed by atoms with Crippen LogP contribution >= 0.6 is 0 Å². The van der Waals surface area contributed by atoms with Crippen LogP contribution in [0.2, 0.25) is 0 Å². The molecule has 0 fully saturated rings. The van der Waals surface area contributed by atoms with E-state index in [2.05, 4.69) is 19.1 Å². The lowest BCUT2D eigenvalue weighted by atomic mass is 10.0. The summed E-state index contributed by atoms with van der Waals surface area (Å²) in [5.41, 5.74) is 2.04. The highest BCUT2D eigenvalue weighted by Gasteiger charge is 1.99. The van der Waals surface area contributed by atoms with Gasteiger partial charge in [0.2, 0.25) is 0 Å². The molecule has 1 rings (SSSR count). The maximum atomic E-state index is 8.87. The second kappa shape index (κ2) is 10.2. The molecule has 0 spiro atoms. The highest BCUT2D eigenvalue weighted by atomic mass is 16.6. The number of aryl methyl sites for hydroxylation is 1. The molecule has 0 radical (unpaired) electrons. The van der Waals surface area contributed by atoms with Gasteiger partial charge in [0.15, 0.2) is 0 Å². The number of carboxylic acid groups (broad SMARTS) is 2. The Morgan fingerprint density at radius 3 is 2.39 bits per heavy atom. The van der Waals surface area contributed by atoms with E-state index >= 15 is 0 Å². The molecule has 0 aliphatic carbocycles. The molecule has 0 saturated heterocycles. The molecular weight excluding hydrogens is 230 g/mol. The van der Waals surface area contributed by atoms with Crippen LogP contribution in [0.1, 0.15) is 43.7 Å². The first-order valence-corrected chi connectivity index (χ1v) is 6.01. The molecule has 0 bridgehead atoms. The van der Waals surface area contributed by atoms with E-state index in [1.165, 1.54) is 31.2 Å². The SMILES string of the molecule is CCCCCCc1ccccc1C#N.O=C(O)O. The quantitative estimate of drug-likeness (QED) is 0.775. The number of unbranched alkanes of at least 4 members (excludes halogenated alkanes) is 3. The van der Waals surface area contributed by atoms with Gasteiger partial charge in [-0.05, 0) is 24.5 Å². The number of carbonyl (C=O) groups is 1. The molecule has 4 nitrogen and oxygen atoms in total. The van der Waals surface area contributed by atoms with Crippen molar-refractivity contribution in [3.63, 3.8) is 0 Å². The Morgan fingerprint density at radius 2 is 1.83 bits per heavy atom.